The summed E-state index contributed by atoms with van der Waals surface area (Å²) in [6.45, 7) is 4.85. The number of alkyl halides is 2. The Morgan fingerprint density at radius 1 is 1.14 bits per heavy atom. The molecule has 0 spiro atoms. The quantitative estimate of drug-likeness (QED) is 0.412. The van der Waals surface area contributed by atoms with Crippen LogP contribution in [0.2, 0.25) is 0 Å². The van der Waals surface area contributed by atoms with Crippen LogP contribution < -0.4 is 10.4 Å². The minimum atomic E-state index is -3.04. The molecule has 8 nitrogen and oxygen atoms in total. The van der Waals surface area contributed by atoms with Gasteiger partial charge < -0.3 is 4.74 Å². The van der Waals surface area contributed by atoms with Gasteiger partial charge in [-0.25, -0.2) is 31.5 Å². The number of fused-ring (bicyclic) bond motifs is 1. The number of nitrogens with zero attached hydrogens (tertiary/aromatic N) is 3. The van der Waals surface area contributed by atoms with Gasteiger partial charge in [0, 0.05) is 30.3 Å². The number of carbonyl (C=O) groups excluding carboxylic acids is 1. The molecule has 194 valence electrons. The van der Waals surface area contributed by atoms with E-state index in [1.165, 1.54) is 22.9 Å². The van der Waals surface area contributed by atoms with Gasteiger partial charge in [0.05, 0.1) is 22.5 Å². The standard InChI is InChI=1S/C25H29F2N3O5S/c1-16(2)29-20-12-17(21(31)14-25(3)7-10-36(33,34)11-8-25)4-5-19(20)30(24(29)32)23-13-18(6-9-28-23)35-15-22(26)27/h4-6,9,12-13,16,22H,7-8,10-11,14-15H2,1-3H3. The predicted octanol–water partition coefficient (Wildman–Crippen LogP) is 4.20. The summed E-state index contributed by atoms with van der Waals surface area (Å²) in [5, 5.41) is 0. The van der Waals surface area contributed by atoms with E-state index in [1.54, 1.807) is 22.8 Å². The van der Waals surface area contributed by atoms with E-state index in [4.69, 9.17) is 4.74 Å². The first kappa shape index (κ1) is 26.0. The van der Waals surface area contributed by atoms with E-state index in [-0.39, 0.29) is 47.0 Å². The maximum atomic E-state index is 13.4. The summed E-state index contributed by atoms with van der Waals surface area (Å²) in [7, 11) is -3.04. The Kier molecular flexibility index (Phi) is 7.05. The highest BCUT2D eigenvalue weighted by molar-refractivity contribution is 7.91. The molecule has 2 aromatic heterocycles. The summed E-state index contributed by atoms with van der Waals surface area (Å²) in [5.41, 5.74) is 0.707. The Morgan fingerprint density at radius 3 is 2.47 bits per heavy atom. The average molecular weight is 522 g/mol. The molecule has 3 heterocycles. The number of rotatable bonds is 8. The van der Waals surface area contributed by atoms with Crippen LogP contribution in [0.25, 0.3) is 16.9 Å². The topological polar surface area (TPSA) is 100 Å². The van der Waals surface area contributed by atoms with Crippen LogP contribution in [-0.2, 0) is 9.84 Å². The SMILES string of the molecule is CC(C)n1c(=O)n(-c2cc(OCC(F)F)ccn2)c2ccc(C(=O)CC3(C)CCS(=O)(=O)CC3)cc21. The second-order valence-corrected chi connectivity index (χ2v) is 12.2. The molecular weight excluding hydrogens is 492 g/mol. The van der Waals surface area contributed by atoms with E-state index in [2.05, 4.69) is 4.98 Å². The number of benzene rings is 1. The van der Waals surface area contributed by atoms with Crippen LogP contribution >= 0.6 is 0 Å². The summed E-state index contributed by atoms with van der Waals surface area (Å²) >= 11 is 0. The monoisotopic (exact) mass is 521 g/mol. The highest BCUT2D eigenvalue weighted by Crippen LogP contribution is 2.37. The predicted molar refractivity (Wildman–Crippen MR) is 132 cm³/mol. The number of halogens is 2. The molecule has 3 aromatic rings. The van der Waals surface area contributed by atoms with Crippen molar-refractivity contribution in [3.05, 3.63) is 52.6 Å². The van der Waals surface area contributed by atoms with Crippen LogP contribution in [0.3, 0.4) is 0 Å². The Hall–Kier alpha value is -3.08. The number of ether oxygens (including phenoxy) is 1. The summed E-state index contributed by atoms with van der Waals surface area (Å²) in [6, 6.07) is 7.62. The highest BCUT2D eigenvalue weighted by atomic mass is 32.2. The van der Waals surface area contributed by atoms with Crippen molar-refractivity contribution in [2.24, 2.45) is 5.41 Å². The van der Waals surface area contributed by atoms with Gasteiger partial charge in [-0.2, -0.15) is 0 Å². The maximum Gasteiger partial charge on any atom is 0.335 e. The number of hydrogen-bond donors (Lipinski definition) is 0. The summed E-state index contributed by atoms with van der Waals surface area (Å²) in [5.74, 6) is 0.421. The summed E-state index contributed by atoms with van der Waals surface area (Å²) in [6.07, 6.45) is -0.170. The van der Waals surface area contributed by atoms with Gasteiger partial charge in [-0.05, 0) is 56.4 Å². The number of imidazole rings is 1. The normalized spacial score (nSPS) is 17.1. The van der Waals surface area contributed by atoms with Crippen molar-refractivity contribution in [1.82, 2.24) is 14.1 Å². The smallest absolute Gasteiger partial charge is 0.335 e. The minimum Gasteiger partial charge on any atom is -0.487 e. The van der Waals surface area contributed by atoms with Crippen molar-refractivity contribution in [2.45, 2.75) is 52.5 Å². The van der Waals surface area contributed by atoms with Crippen LogP contribution in [0.15, 0.2) is 41.3 Å². The maximum absolute atomic E-state index is 13.4. The lowest BCUT2D eigenvalue weighted by atomic mass is 9.78. The van der Waals surface area contributed by atoms with Crippen LogP contribution in [-0.4, -0.2) is 52.9 Å². The average Bonchev–Trinajstić information content (AvgIpc) is 3.11. The van der Waals surface area contributed by atoms with Crippen LogP contribution in [0.1, 0.15) is 56.4 Å². The van der Waals surface area contributed by atoms with E-state index < -0.39 is 28.3 Å². The molecular formula is C25H29F2N3O5S. The molecule has 0 saturated carbocycles. The first-order valence-corrected chi connectivity index (χ1v) is 13.6. The molecule has 0 radical (unpaired) electrons. The third kappa shape index (κ3) is 5.35. The Bertz CT molecular complexity index is 1450. The van der Waals surface area contributed by atoms with Gasteiger partial charge in [0.25, 0.3) is 6.43 Å². The first-order chi connectivity index (χ1) is 16.9. The lowest BCUT2D eigenvalue weighted by Crippen LogP contribution is -2.33. The van der Waals surface area contributed by atoms with Crippen molar-refractivity contribution in [1.29, 1.82) is 0 Å². The Labute approximate surface area is 207 Å². The van der Waals surface area contributed by atoms with Gasteiger partial charge >= 0.3 is 5.69 Å². The van der Waals surface area contributed by atoms with Gasteiger partial charge in [-0.15, -0.1) is 0 Å². The Balaban J connectivity index is 1.71. The van der Waals surface area contributed by atoms with E-state index >= 15 is 0 Å². The molecule has 1 aliphatic rings. The fourth-order valence-corrected chi connectivity index (χ4v) is 6.39. The number of sulfone groups is 1. The lowest BCUT2D eigenvalue weighted by molar-refractivity contribution is 0.0818. The second kappa shape index (κ2) is 9.76. The van der Waals surface area contributed by atoms with Gasteiger partial charge in [-0.1, -0.05) is 6.92 Å². The second-order valence-electron chi connectivity index (χ2n) is 9.90. The van der Waals surface area contributed by atoms with Gasteiger partial charge in [-0.3, -0.25) is 9.36 Å². The molecule has 1 saturated heterocycles. The van der Waals surface area contributed by atoms with Crippen molar-refractivity contribution in [2.75, 3.05) is 18.1 Å². The molecule has 0 aliphatic carbocycles. The highest BCUT2D eigenvalue weighted by Gasteiger charge is 2.35. The van der Waals surface area contributed by atoms with Crippen molar-refractivity contribution >= 4 is 26.7 Å². The fraction of sp³-hybridized carbons (Fsp3) is 0.480. The molecule has 11 heteroatoms. The summed E-state index contributed by atoms with van der Waals surface area (Å²) < 4.78 is 56.8. The molecule has 36 heavy (non-hydrogen) atoms. The summed E-state index contributed by atoms with van der Waals surface area (Å²) in [4.78, 5) is 30.8. The third-order valence-corrected chi connectivity index (χ3v) is 8.31. The zero-order chi connectivity index (χ0) is 26.3. The number of Topliss-reactive ketones (excluding diaryl/α,β-unsaturated/α-hetero) is 1. The van der Waals surface area contributed by atoms with E-state index in [9.17, 15) is 26.8 Å². The minimum absolute atomic E-state index is 0.0820. The Morgan fingerprint density at radius 2 is 1.83 bits per heavy atom. The fourth-order valence-electron chi connectivity index (χ4n) is 4.58. The van der Waals surface area contributed by atoms with Crippen LogP contribution in [0.5, 0.6) is 5.75 Å². The molecule has 1 fully saturated rings. The van der Waals surface area contributed by atoms with Crippen molar-refractivity contribution in [3.63, 3.8) is 0 Å². The van der Waals surface area contributed by atoms with E-state index in [0.29, 0.717) is 29.4 Å². The van der Waals surface area contributed by atoms with E-state index in [1.807, 2.05) is 20.8 Å². The van der Waals surface area contributed by atoms with E-state index in [0.717, 1.165) is 0 Å². The molecule has 0 bridgehead atoms. The lowest BCUT2D eigenvalue weighted by Gasteiger charge is -2.32. The number of aromatic nitrogens is 3. The molecule has 1 aliphatic heterocycles. The largest absolute Gasteiger partial charge is 0.487 e. The van der Waals surface area contributed by atoms with Gasteiger partial charge in [0.2, 0.25) is 0 Å². The van der Waals surface area contributed by atoms with Crippen molar-refractivity contribution in [3.8, 4) is 11.6 Å². The zero-order valence-corrected chi connectivity index (χ0v) is 21.2. The number of pyridine rings is 1. The molecule has 4 rings (SSSR count). The van der Waals surface area contributed by atoms with Crippen LogP contribution in [0, 0.1) is 5.41 Å². The van der Waals surface area contributed by atoms with Crippen LogP contribution in [0.4, 0.5) is 8.78 Å². The molecule has 0 amide bonds. The molecule has 0 atom stereocenters. The number of carbonyl (C=O) groups is 1. The molecule has 1 aromatic carbocycles. The zero-order valence-electron chi connectivity index (χ0n) is 20.4. The molecule has 0 N–H and O–H groups in total. The van der Waals surface area contributed by atoms with Gasteiger partial charge in [0.15, 0.2) is 5.78 Å². The first-order valence-electron chi connectivity index (χ1n) is 11.8. The molecule has 0 unspecified atom stereocenters. The number of ketones is 1. The number of hydrogen-bond acceptors (Lipinski definition) is 6. The van der Waals surface area contributed by atoms with Crippen molar-refractivity contribution < 1.29 is 26.7 Å². The third-order valence-electron chi connectivity index (χ3n) is 6.65. The van der Waals surface area contributed by atoms with Gasteiger partial charge in [0.1, 0.15) is 28.0 Å².